The zero-order chi connectivity index (χ0) is 23.0. The molecule has 1 aliphatic rings. The van der Waals surface area contributed by atoms with Gasteiger partial charge < -0.3 is 9.67 Å². The third-order valence-corrected chi connectivity index (χ3v) is 5.60. The van der Waals surface area contributed by atoms with Crippen LogP contribution in [0.2, 0.25) is 0 Å². The molecule has 0 spiro atoms. The topological polar surface area (TPSA) is 91.6 Å². The fraction of sp³-hybridized carbons (Fsp3) is 0.0833. The zero-order valence-electron chi connectivity index (χ0n) is 17.3. The van der Waals surface area contributed by atoms with Gasteiger partial charge in [0.05, 0.1) is 11.3 Å². The maximum absolute atomic E-state index is 13.2. The number of aryl methyl sites for hydroxylation is 2. The Bertz CT molecular complexity index is 1310. The Morgan fingerprint density at radius 1 is 1.00 bits per heavy atom. The lowest BCUT2D eigenvalue weighted by atomic mass is 10.1. The second kappa shape index (κ2) is 8.24. The monoisotopic (exact) mass is 445 g/mol. The number of carboxylic acids is 1. The number of amides is 2. The van der Waals surface area contributed by atoms with Crippen LogP contribution >= 0.6 is 12.2 Å². The first kappa shape index (κ1) is 21.2. The second-order valence-electron chi connectivity index (χ2n) is 7.38. The SMILES string of the molecule is Cc1ccc(-n2cccc2/C=C2\C(=O)NC(=S)N(c3ccc(C(=O)O)cc3)C2=O)cc1C. The molecule has 1 fully saturated rings. The van der Waals surface area contributed by atoms with Crippen LogP contribution < -0.4 is 10.2 Å². The van der Waals surface area contributed by atoms with E-state index in [1.165, 1.54) is 40.8 Å². The highest BCUT2D eigenvalue weighted by atomic mass is 32.1. The number of nitrogens with zero attached hydrogens (tertiary/aromatic N) is 2. The van der Waals surface area contributed by atoms with Crippen LogP contribution in [-0.4, -0.2) is 32.6 Å². The average molecular weight is 446 g/mol. The average Bonchev–Trinajstić information content (AvgIpc) is 3.21. The molecule has 0 aliphatic carbocycles. The van der Waals surface area contributed by atoms with Crippen molar-refractivity contribution in [2.75, 3.05) is 4.90 Å². The van der Waals surface area contributed by atoms with Gasteiger partial charge in [-0.2, -0.15) is 0 Å². The lowest BCUT2D eigenvalue weighted by molar-refractivity contribution is -0.122. The Balaban J connectivity index is 1.72. The summed E-state index contributed by atoms with van der Waals surface area (Å²) in [6.07, 6.45) is 3.38. The van der Waals surface area contributed by atoms with Gasteiger partial charge in [-0.05, 0) is 91.8 Å². The van der Waals surface area contributed by atoms with Gasteiger partial charge in [-0.15, -0.1) is 0 Å². The maximum Gasteiger partial charge on any atom is 0.335 e. The molecule has 4 rings (SSSR count). The standard InChI is InChI=1S/C24H19N3O4S/c1-14-5-8-19(12-15(14)2)26-11-3-4-18(26)13-20-21(28)25-24(32)27(22(20)29)17-9-6-16(7-10-17)23(30)31/h3-13H,1-2H3,(H,30,31)(H,25,28,32)/b20-13+. The van der Waals surface area contributed by atoms with Crippen molar-refractivity contribution in [3.8, 4) is 5.69 Å². The Kier molecular flexibility index (Phi) is 5.46. The van der Waals surface area contributed by atoms with Crippen LogP contribution in [0.25, 0.3) is 11.8 Å². The Hall–Kier alpha value is -4.04. The van der Waals surface area contributed by atoms with E-state index in [9.17, 15) is 14.4 Å². The van der Waals surface area contributed by atoms with Crippen LogP contribution in [0.4, 0.5) is 5.69 Å². The number of hydrogen-bond donors (Lipinski definition) is 2. The number of anilines is 1. The van der Waals surface area contributed by atoms with Gasteiger partial charge in [0.15, 0.2) is 5.11 Å². The predicted octanol–water partition coefficient (Wildman–Crippen LogP) is 3.62. The Labute approximate surface area is 189 Å². The van der Waals surface area contributed by atoms with Gasteiger partial charge >= 0.3 is 5.97 Å². The van der Waals surface area contributed by atoms with Crippen molar-refractivity contribution in [2.24, 2.45) is 0 Å². The van der Waals surface area contributed by atoms with Crippen molar-refractivity contribution < 1.29 is 19.5 Å². The normalized spacial score (nSPS) is 15.2. The van der Waals surface area contributed by atoms with E-state index in [0.717, 1.165) is 11.3 Å². The van der Waals surface area contributed by atoms with E-state index in [4.69, 9.17) is 17.3 Å². The summed E-state index contributed by atoms with van der Waals surface area (Å²) in [5.41, 5.74) is 4.22. The van der Waals surface area contributed by atoms with E-state index < -0.39 is 17.8 Å². The lowest BCUT2D eigenvalue weighted by Gasteiger charge is -2.29. The van der Waals surface area contributed by atoms with Gasteiger partial charge in [0, 0.05) is 17.6 Å². The van der Waals surface area contributed by atoms with Crippen LogP contribution in [0, 0.1) is 13.8 Å². The molecular formula is C24H19N3O4S. The Morgan fingerprint density at radius 2 is 1.69 bits per heavy atom. The zero-order valence-corrected chi connectivity index (χ0v) is 18.1. The number of carboxylic acid groups (broad SMARTS) is 1. The van der Waals surface area contributed by atoms with Crippen LogP contribution in [0.5, 0.6) is 0 Å². The summed E-state index contributed by atoms with van der Waals surface area (Å²) < 4.78 is 1.89. The number of rotatable bonds is 4. The summed E-state index contributed by atoms with van der Waals surface area (Å²) >= 11 is 5.20. The summed E-state index contributed by atoms with van der Waals surface area (Å²) in [7, 11) is 0. The summed E-state index contributed by atoms with van der Waals surface area (Å²) in [5.74, 6) is -2.26. The molecule has 2 aromatic carbocycles. The van der Waals surface area contributed by atoms with Crippen molar-refractivity contribution in [3.63, 3.8) is 0 Å². The Morgan fingerprint density at radius 3 is 2.34 bits per heavy atom. The molecule has 2 amide bonds. The minimum atomic E-state index is -1.08. The predicted molar refractivity (Wildman–Crippen MR) is 125 cm³/mol. The van der Waals surface area contributed by atoms with Gasteiger partial charge in [0.25, 0.3) is 11.8 Å². The molecule has 0 saturated carbocycles. The van der Waals surface area contributed by atoms with E-state index in [2.05, 4.69) is 5.32 Å². The van der Waals surface area contributed by atoms with Crippen LogP contribution in [-0.2, 0) is 9.59 Å². The highest BCUT2D eigenvalue weighted by Gasteiger charge is 2.34. The van der Waals surface area contributed by atoms with E-state index in [1.54, 1.807) is 0 Å². The molecule has 0 bridgehead atoms. The molecule has 0 unspecified atom stereocenters. The van der Waals surface area contributed by atoms with E-state index in [0.29, 0.717) is 11.4 Å². The summed E-state index contributed by atoms with van der Waals surface area (Å²) in [6, 6.07) is 15.4. The van der Waals surface area contributed by atoms with Gasteiger partial charge in [-0.25, -0.2) is 4.79 Å². The largest absolute Gasteiger partial charge is 0.478 e. The van der Waals surface area contributed by atoms with Crippen LogP contribution in [0.15, 0.2) is 66.4 Å². The van der Waals surface area contributed by atoms with Crippen LogP contribution in [0.3, 0.4) is 0 Å². The first-order valence-corrected chi connectivity index (χ1v) is 10.2. The molecule has 7 nitrogen and oxygen atoms in total. The summed E-state index contributed by atoms with van der Waals surface area (Å²) in [4.78, 5) is 38.1. The number of nitrogens with one attached hydrogen (secondary N) is 1. The summed E-state index contributed by atoms with van der Waals surface area (Å²) in [6.45, 7) is 4.05. The van der Waals surface area contributed by atoms with Crippen molar-refractivity contribution >= 4 is 46.9 Å². The number of thiocarbonyl (C=S) groups is 1. The van der Waals surface area contributed by atoms with Gasteiger partial charge in [-0.1, -0.05) is 6.07 Å². The van der Waals surface area contributed by atoms with Crippen molar-refractivity contribution in [3.05, 3.63) is 88.8 Å². The first-order chi connectivity index (χ1) is 15.3. The van der Waals surface area contributed by atoms with Crippen molar-refractivity contribution in [1.29, 1.82) is 0 Å². The fourth-order valence-corrected chi connectivity index (χ4v) is 3.70. The molecule has 1 aliphatic heterocycles. The third-order valence-electron chi connectivity index (χ3n) is 5.32. The molecule has 1 saturated heterocycles. The number of hydrogen-bond acceptors (Lipinski definition) is 4. The van der Waals surface area contributed by atoms with Crippen molar-refractivity contribution in [1.82, 2.24) is 9.88 Å². The number of carbonyl (C=O) groups excluding carboxylic acids is 2. The molecule has 2 N–H and O–H groups in total. The molecule has 3 aromatic rings. The van der Waals surface area contributed by atoms with Gasteiger partial charge in [0.2, 0.25) is 0 Å². The smallest absolute Gasteiger partial charge is 0.335 e. The van der Waals surface area contributed by atoms with E-state index in [1.807, 2.05) is 54.9 Å². The van der Waals surface area contributed by atoms with Gasteiger partial charge in [-0.3, -0.25) is 19.8 Å². The fourth-order valence-electron chi connectivity index (χ4n) is 3.42. The summed E-state index contributed by atoms with van der Waals surface area (Å²) in [5, 5.41) is 11.6. The third kappa shape index (κ3) is 3.83. The highest BCUT2D eigenvalue weighted by Crippen LogP contribution is 2.24. The number of carbonyl (C=O) groups is 3. The molecular weight excluding hydrogens is 426 g/mol. The molecule has 32 heavy (non-hydrogen) atoms. The number of aromatic carboxylic acids is 1. The van der Waals surface area contributed by atoms with E-state index in [-0.39, 0.29) is 16.2 Å². The molecule has 160 valence electrons. The molecule has 1 aromatic heterocycles. The quantitative estimate of drug-likeness (QED) is 0.364. The number of benzene rings is 2. The van der Waals surface area contributed by atoms with E-state index >= 15 is 0 Å². The molecule has 0 atom stereocenters. The second-order valence-corrected chi connectivity index (χ2v) is 7.77. The lowest BCUT2D eigenvalue weighted by Crippen LogP contribution is -2.54. The van der Waals surface area contributed by atoms with Gasteiger partial charge in [0.1, 0.15) is 5.57 Å². The highest BCUT2D eigenvalue weighted by molar-refractivity contribution is 7.80. The van der Waals surface area contributed by atoms with Crippen LogP contribution in [0.1, 0.15) is 27.2 Å². The molecule has 0 radical (unpaired) electrons. The minimum absolute atomic E-state index is 0.0650. The molecule has 8 heteroatoms. The minimum Gasteiger partial charge on any atom is -0.478 e. The molecule has 2 heterocycles. The van der Waals surface area contributed by atoms with Crippen molar-refractivity contribution in [2.45, 2.75) is 13.8 Å². The number of aromatic nitrogens is 1. The first-order valence-electron chi connectivity index (χ1n) is 9.76. The maximum atomic E-state index is 13.2.